The van der Waals surface area contributed by atoms with Gasteiger partial charge < -0.3 is 0 Å². The molecule has 1 heteroatoms. The number of aryl methyl sites for hydroxylation is 1. The topological polar surface area (TPSA) is 3.24 Å². The maximum Gasteiger partial charge on any atom is 0.0568 e. The van der Waals surface area contributed by atoms with Gasteiger partial charge in [-0.25, -0.2) is 0 Å². The lowest BCUT2D eigenvalue weighted by Gasteiger charge is -2.54. The molecular formula is C61H51N. The fourth-order valence-electron chi connectivity index (χ4n) is 19.0. The number of likely N-dealkylation sites (tertiary alicyclic amines) is 1. The van der Waals surface area contributed by atoms with Gasteiger partial charge in [-0.1, -0.05) is 150 Å². The molecule has 1 saturated carbocycles. The van der Waals surface area contributed by atoms with Crippen LogP contribution in [0.2, 0.25) is 0 Å². The minimum Gasteiger partial charge on any atom is -0.297 e. The van der Waals surface area contributed by atoms with Gasteiger partial charge in [0.15, 0.2) is 0 Å². The van der Waals surface area contributed by atoms with E-state index in [4.69, 9.17) is 0 Å². The first-order valence-electron chi connectivity index (χ1n) is 25.1. The third-order valence-corrected chi connectivity index (χ3v) is 20.4. The van der Waals surface area contributed by atoms with E-state index in [9.17, 15) is 0 Å². The summed E-state index contributed by atoms with van der Waals surface area (Å²) in [6.45, 7) is 3.40. The normalized spacial score (nSPS) is 33.2. The fraction of sp³-hybridized carbons (Fsp3) is 0.377. The second-order valence-electron chi connectivity index (χ2n) is 22.4. The summed E-state index contributed by atoms with van der Waals surface area (Å²) in [5, 5.41) is 19.6. The smallest absolute Gasteiger partial charge is 0.0568 e. The molecular weight excluding hydrogens is 747 g/mol. The second-order valence-corrected chi connectivity index (χ2v) is 22.4. The van der Waals surface area contributed by atoms with Crippen LogP contribution in [0.15, 0.2) is 102 Å². The molecule has 0 radical (unpaired) electrons. The Morgan fingerprint density at radius 1 is 0.645 bits per heavy atom. The average molecular weight is 798 g/mol. The predicted octanol–water partition coefficient (Wildman–Crippen LogP) is 12.9. The molecule has 1 nitrogen and oxygen atoms in total. The fourth-order valence-corrected chi connectivity index (χ4v) is 19.0. The van der Waals surface area contributed by atoms with Gasteiger partial charge in [-0.2, -0.15) is 0 Å². The number of benzene rings is 5. The Kier molecular flexibility index (Phi) is 5.37. The van der Waals surface area contributed by atoms with E-state index in [1.165, 1.54) is 97.7 Å². The molecule has 7 aromatic rings. The molecule has 0 aromatic heterocycles. The van der Waals surface area contributed by atoms with Gasteiger partial charge in [0.1, 0.15) is 0 Å². The molecule has 0 amide bonds. The number of hydrogen-bond donors (Lipinski definition) is 0. The van der Waals surface area contributed by atoms with Crippen molar-refractivity contribution in [2.24, 2.45) is 29.1 Å². The summed E-state index contributed by atoms with van der Waals surface area (Å²) in [5.74, 6) is 3.34. The van der Waals surface area contributed by atoms with Crippen LogP contribution in [0.3, 0.4) is 0 Å². The summed E-state index contributed by atoms with van der Waals surface area (Å²) in [6.07, 6.45) is 31.3. The zero-order chi connectivity index (χ0) is 39.9. The van der Waals surface area contributed by atoms with Gasteiger partial charge in [0, 0.05) is 30.3 Å². The lowest BCUT2D eigenvalue weighted by atomic mass is 9.46. The summed E-state index contributed by atoms with van der Waals surface area (Å²) in [4.78, 5) is 2.86. The number of rotatable bonds is 12. The first-order chi connectivity index (χ1) is 30.7. The van der Waals surface area contributed by atoms with Crippen molar-refractivity contribution in [3.8, 4) is 0 Å². The molecule has 62 heavy (non-hydrogen) atoms. The standard InChI is InChI=1S/C61H51N/c1-3-4-5-6-7-8-9-10-11-12-13-29-14-16-30(17-15-29)59-61-40-27-26-39-37-24-22-35-33-20-18-31-32-19-21-34-36-23-25-38(40)48-46(36)51-44(34)42(32)49-41(31)43(33)50-45(35)47(37)57(60(39,61)28-62(59)2)55-53(50)52(49)54(51)56(55)58(48)61/h14-27,31,33,35,41,43,45,59H,3-13,28H2,1-2H3. The number of hydrogen-bond acceptors (Lipinski definition) is 1. The summed E-state index contributed by atoms with van der Waals surface area (Å²) in [7, 11) is 2.51. The van der Waals surface area contributed by atoms with Crippen molar-refractivity contribution in [2.45, 2.75) is 101 Å². The number of allylic oxidation sites excluding steroid dienone is 8. The Balaban J connectivity index is 0.894. The Morgan fingerprint density at radius 2 is 1.40 bits per heavy atom. The quantitative estimate of drug-likeness (QED) is 0.0676. The molecule has 0 bridgehead atoms. The van der Waals surface area contributed by atoms with Crippen molar-refractivity contribution in [3.63, 3.8) is 0 Å². The Hall–Kier alpha value is -4.98. The van der Waals surface area contributed by atoms with Crippen LogP contribution in [-0.2, 0) is 11.8 Å². The SMILES string of the molecule is CCCCCCCCCCCCc1ccc(C2N(C)CC34C5=C6C=CC7C8C6=C3c3c6c9c%10c%11c(ccc%12c%13ccc%14c%15c(c3c9c(c%11%12)c%15%13)C24C=%14C=C5)C2C=CC7C(C=68)C%102)cc1. The van der Waals surface area contributed by atoms with Gasteiger partial charge in [-0.15, -0.1) is 0 Å². The van der Waals surface area contributed by atoms with E-state index < -0.39 is 0 Å². The summed E-state index contributed by atoms with van der Waals surface area (Å²) in [6, 6.07) is 20.9. The molecule has 0 N–H and O–H groups in total. The summed E-state index contributed by atoms with van der Waals surface area (Å²) >= 11 is 0. The van der Waals surface area contributed by atoms with Gasteiger partial charge in [0.25, 0.3) is 0 Å². The highest BCUT2D eigenvalue weighted by molar-refractivity contribution is 6.47. The maximum atomic E-state index is 2.86. The van der Waals surface area contributed by atoms with Crippen molar-refractivity contribution in [2.75, 3.05) is 13.6 Å². The van der Waals surface area contributed by atoms with E-state index in [1.54, 1.807) is 98.4 Å². The van der Waals surface area contributed by atoms with Crippen LogP contribution in [0, 0.1) is 29.1 Å². The highest BCUT2D eigenvalue weighted by atomic mass is 15.2. The van der Waals surface area contributed by atoms with Crippen molar-refractivity contribution in [3.05, 3.63) is 146 Å². The molecule has 300 valence electrons. The van der Waals surface area contributed by atoms with Gasteiger partial charge in [-0.05, 0) is 169 Å². The molecule has 11 aliphatic rings. The lowest BCUT2D eigenvalue weighted by molar-refractivity contribution is 0.279. The number of fused-ring (bicyclic) bond motifs is 3. The minimum atomic E-state index is -0.183. The van der Waals surface area contributed by atoms with Gasteiger partial charge >= 0.3 is 0 Å². The van der Waals surface area contributed by atoms with Crippen molar-refractivity contribution < 1.29 is 0 Å². The zero-order valence-electron chi connectivity index (χ0n) is 36.1. The Morgan fingerprint density at radius 3 is 2.24 bits per heavy atom. The van der Waals surface area contributed by atoms with E-state index in [0.717, 1.165) is 6.54 Å². The van der Waals surface area contributed by atoms with E-state index in [2.05, 4.69) is 104 Å². The molecule has 1 heterocycles. The lowest BCUT2D eigenvalue weighted by Crippen LogP contribution is -2.51. The van der Waals surface area contributed by atoms with Gasteiger partial charge in [0.2, 0.25) is 0 Å². The molecule has 1 saturated heterocycles. The van der Waals surface area contributed by atoms with E-state index >= 15 is 0 Å². The molecule has 1 aliphatic heterocycles. The number of unbranched alkanes of at least 4 members (excludes halogenated alkanes) is 9. The third-order valence-electron chi connectivity index (χ3n) is 20.4. The van der Waals surface area contributed by atoms with Crippen LogP contribution < -0.4 is 10.4 Å². The summed E-state index contributed by atoms with van der Waals surface area (Å²) in [5.41, 5.74) is 19.9. The molecule has 2 spiro atoms. The molecule has 2 fully saturated rings. The molecule has 9 atom stereocenters. The van der Waals surface area contributed by atoms with Crippen molar-refractivity contribution >= 4 is 70.6 Å². The molecule has 7 aromatic carbocycles. The van der Waals surface area contributed by atoms with Crippen LogP contribution in [0.4, 0.5) is 0 Å². The largest absolute Gasteiger partial charge is 0.297 e. The zero-order valence-corrected chi connectivity index (χ0v) is 36.1. The first-order valence-corrected chi connectivity index (χ1v) is 25.1. The maximum absolute atomic E-state index is 2.86. The Bertz CT molecular complexity index is 3660. The summed E-state index contributed by atoms with van der Waals surface area (Å²) < 4.78 is 0. The van der Waals surface area contributed by atoms with E-state index in [1.807, 2.05) is 5.57 Å². The van der Waals surface area contributed by atoms with Gasteiger partial charge in [-0.3, -0.25) is 4.90 Å². The molecule has 9 unspecified atom stereocenters. The third kappa shape index (κ3) is 2.93. The average Bonchev–Trinajstić information content (AvgIpc) is 4.14. The highest BCUT2D eigenvalue weighted by Crippen LogP contribution is 2.83. The number of nitrogens with zero attached hydrogens (tertiary/aromatic N) is 1. The highest BCUT2D eigenvalue weighted by Gasteiger charge is 2.76. The number of likely N-dealkylation sites (N-methyl/N-ethyl adjacent to an activating group) is 1. The van der Waals surface area contributed by atoms with Gasteiger partial charge in [0.05, 0.1) is 10.8 Å². The first kappa shape index (κ1) is 32.7. The second kappa shape index (κ2) is 10.2. The van der Waals surface area contributed by atoms with Crippen molar-refractivity contribution in [1.29, 1.82) is 0 Å². The molecule has 18 rings (SSSR count). The van der Waals surface area contributed by atoms with Crippen LogP contribution in [0.5, 0.6) is 0 Å². The predicted molar refractivity (Wildman–Crippen MR) is 256 cm³/mol. The van der Waals surface area contributed by atoms with E-state index in [0.29, 0.717) is 35.5 Å². The Labute approximate surface area is 362 Å². The monoisotopic (exact) mass is 797 g/mol. The van der Waals surface area contributed by atoms with E-state index in [-0.39, 0.29) is 16.9 Å². The molecule has 10 aliphatic carbocycles. The van der Waals surface area contributed by atoms with Crippen molar-refractivity contribution in [1.82, 2.24) is 4.90 Å². The van der Waals surface area contributed by atoms with Crippen LogP contribution >= 0.6 is 0 Å². The van der Waals surface area contributed by atoms with Crippen LogP contribution in [0.25, 0.3) is 70.6 Å². The minimum absolute atomic E-state index is 0.110. The van der Waals surface area contributed by atoms with Crippen LogP contribution in [0.1, 0.15) is 122 Å². The van der Waals surface area contributed by atoms with Crippen LogP contribution in [-0.4, -0.2) is 18.5 Å².